The number of aromatic nitrogens is 1. The largest absolute Gasteiger partial charge is 0.378 e. The van der Waals surface area contributed by atoms with Gasteiger partial charge in [0.1, 0.15) is 4.88 Å². The normalized spacial score (nSPS) is 29.9. The van der Waals surface area contributed by atoms with Gasteiger partial charge in [-0.15, -0.1) is 0 Å². The highest BCUT2D eigenvalue weighted by Crippen LogP contribution is 2.42. The molecule has 0 radical (unpaired) electrons. The number of ether oxygens (including phenoxy) is 1. The average Bonchev–Trinajstić information content (AvgIpc) is 3.05. The first-order valence-corrected chi connectivity index (χ1v) is 7.79. The molecule has 0 spiro atoms. The van der Waals surface area contributed by atoms with Crippen LogP contribution in [0.1, 0.15) is 40.5 Å². The predicted octanol–water partition coefficient (Wildman–Crippen LogP) is 1.36. The molecule has 0 aromatic carbocycles. The Bertz CT molecular complexity index is 510. The van der Waals surface area contributed by atoms with E-state index in [-0.39, 0.29) is 5.91 Å². The maximum atomic E-state index is 12.1. The minimum Gasteiger partial charge on any atom is -0.378 e. The van der Waals surface area contributed by atoms with E-state index in [1.165, 1.54) is 6.42 Å². The summed E-state index contributed by atoms with van der Waals surface area (Å²) in [6.45, 7) is 3.26. The molecule has 19 heavy (non-hydrogen) atoms. The second kappa shape index (κ2) is 4.45. The number of nitrogens with one attached hydrogen (secondary N) is 1. The number of hydrogen-bond acceptors (Lipinski definition) is 5. The van der Waals surface area contributed by atoms with Gasteiger partial charge in [-0.25, -0.2) is 4.98 Å². The number of anilines is 1. The number of carbonyl (C=O) groups is 1. The third-order valence-corrected chi connectivity index (χ3v) is 5.44. The fourth-order valence-corrected chi connectivity index (χ4v) is 4.41. The second-order valence-electron chi connectivity index (χ2n) is 5.43. The van der Waals surface area contributed by atoms with Crippen LogP contribution in [0.15, 0.2) is 0 Å². The Morgan fingerprint density at radius 1 is 1.32 bits per heavy atom. The van der Waals surface area contributed by atoms with Crippen molar-refractivity contribution in [1.29, 1.82) is 0 Å². The van der Waals surface area contributed by atoms with Crippen molar-refractivity contribution in [3.05, 3.63) is 10.6 Å². The van der Waals surface area contributed by atoms with Crippen molar-refractivity contribution in [1.82, 2.24) is 10.3 Å². The lowest BCUT2D eigenvalue weighted by atomic mass is 9.95. The fraction of sp³-hybridized carbons (Fsp3) is 0.692. The molecule has 1 aromatic rings. The van der Waals surface area contributed by atoms with Crippen molar-refractivity contribution in [2.24, 2.45) is 0 Å². The summed E-state index contributed by atoms with van der Waals surface area (Å²) in [4.78, 5) is 20.0. The number of carbonyl (C=O) groups excluding carboxylic acids is 1. The molecule has 0 bridgehead atoms. The lowest BCUT2D eigenvalue weighted by Gasteiger charge is -2.26. The summed E-state index contributed by atoms with van der Waals surface area (Å²) < 4.78 is 5.37. The maximum Gasteiger partial charge on any atom is 0.263 e. The molecule has 3 heterocycles. The van der Waals surface area contributed by atoms with Gasteiger partial charge in [-0.1, -0.05) is 17.8 Å². The van der Waals surface area contributed by atoms with Gasteiger partial charge in [0.2, 0.25) is 0 Å². The van der Waals surface area contributed by atoms with E-state index in [1.807, 2.05) is 0 Å². The van der Waals surface area contributed by atoms with E-state index >= 15 is 0 Å². The highest BCUT2D eigenvalue weighted by molar-refractivity contribution is 7.17. The average molecular weight is 279 g/mol. The molecule has 102 valence electrons. The van der Waals surface area contributed by atoms with E-state index in [4.69, 9.17) is 9.72 Å². The Labute approximate surface area is 116 Å². The van der Waals surface area contributed by atoms with Crippen molar-refractivity contribution in [3.63, 3.8) is 0 Å². The van der Waals surface area contributed by atoms with Gasteiger partial charge in [-0.3, -0.25) is 4.79 Å². The number of hydrogen-bond donors (Lipinski definition) is 1. The summed E-state index contributed by atoms with van der Waals surface area (Å²) in [7, 11) is 0. The van der Waals surface area contributed by atoms with Crippen molar-refractivity contribution < 1.29 is 9.53 Å². The number of amides is 1. The van der Waals surface area contributed by atoms with Gasteiger partial charge in [-0.05, 0) is 12.8 Å². The van der Waals surface area contributed by atoms with E-state index in [9.17, 15) is 4.79 Å². The number of fused-ring (bicyclic) bond motifs is 3. The zero-order valence-corrected chi connectivity index (χ0v) is 11.5. The molecule has 4 rings (SSSR count). The molecular formula is C13H17N3O2S. The maximum absolute atomic E-state index is 12.1. The van der Waals surface area contributed by atoms with Crippen LogP contribution in [0.2, 0.25) is 0 Å². The van der Waals surface area contributed by atoms with Gasteiger partial charge in [0.25, 0.3) is 5.91 Å². The zero-order valence-electron chi connectivity index (χ0n) is 10.7. The van der Waals surface area contributed by atoms with Crippen LogP contribution in [-0.2, 0) is 4.74 Å². The summed E-state index contributed by atoms with van der Waals surface area (Å²) in [6, 6.07) is 0.319. The summed E-state index contributed by atoms with van der Waals surface area (Å²) in [5, 5.41) is 4.14. The smallest absolute Gasteiger partial charge is 0.263 e. The summed E-state index contributed by atoms with van der Waals surface area (Å²) in [5.74, 6) is 0.522. The second-order valence-corrected chi connectivity index (χ2v) is 6.41. The minimum absolute atomic E-state index is 0.0789. The first-order chi connectivity index (χ1) is 9.33. The van der Waals surface area contributed by atoms with Crippen LogP contribution < -0.4 is 10.2 Å². The SMILES string of the molecule is O=C1NC2CCCC2c2nc(N3CCOCC3)sc21. The molecule has 1 amide bonds. The summed E-state index contributed by atoms with van der Waals surface area (Å²) in [6.07, 6.45) is 3.45. The first kappa shape index (κ1) is 11.7. The van der Waals surface area contributed by atoms with E-state index in [0.29, 0.717) is 12.0 Å². The van der Waals surface area contributed by atoms with E-state index in [0.717, 1.165) is 54.8 Å². The predicted molar refractivity (Wildman–Crippen MR) is 73.0 cm³/mol. The van der Waals surface area contributed by atoms with E-state index in [2.05, 4.69) is 10.2 Å². The highest BCUT2D eigenvalue weighted by Gasteiger charge is 2.40. The molecular weight excluding hydrogens is 262 g/mol. The molecule has 1 saturated heterocycles. The molecule has 1 saturated carbocycles. The number of morpholine rings is 1. The Balaban J connectivity index is 1.69. The monoisotopic (exact) mass is 279 g/mol. The van der Waals surface area contributed by atoms with Gasteiger partial charge >= 0.3 is 0 Å². The number of nitrogens with zero attached hydrogens (tertiary/aromatic N) is 2. The van der Waals surface area contributed by atoms with Gasteiger partial charge in [0, 0.05) is 25.0 Å². The third-order valence-electron chi connectivity index (χ3n) is 4.31. The van der Waals surface area contributed by atoms with Crippen LogP contribution in [-0.4, -0.2) is 43.2 Å². The van der Waals surface area contributed by atoms with Crippen LogP contribution >= 0.6 is 11.3 Å². The quantitative estimate of drug-likeness (QED) is 0.843. The lowest BCUT2D eigenvalue weighted by molar-refractivity contribution is 0.0924. The van der Waals surface area contributed by atoms with E-state index < -0.39 is 0 Å². The Morgan fingerprint density at radius 2 is 2.16 bits per heavy atom. The minimum atomic E-state index is 0.0789. The molecule has 1 aromatic heterocycles. The van der Waals surface area contributed by atoms with Crippen LogP contribution in [0, 0.1) is 0 Å². The molecule has 1 N–H and O–H groups in total. The molecule has 1 aliphatic carbocycles. The van der Waals surface area contributed by atoms with Gasteiger partial charge in [0.05, 0.1) is 18.9 Å². The fourth-order valence-electron chi connectivity index (χ4n) is 3.32. The topological polar surface area (TPSA) is 54.5 Å². The molecule has 2 atom stereocenters. The van der Waals surface area contributed by atoms with Gasteiger partial charge in [0.15, 0.2) is 5.13 Å². The summed E-state index contributed by atoms with van der Waals surface area (Å²) in [5.41, 5.74) is 1.05. The first-order valence-electron chi connectivity index (χ1n) is 6.97. The van der Waals surface area contributed by atoms with Crippen molar-refractivity contribution in [2.45, 2.75) is 31.2 Å². The molecule has 2 fully saturated rings. The van der Waals surface area contributed by atoms with Crippen LogP contribution in [0.25, 0.3) is 0 Å². The van der Waals surface area contributed by atoms with Crippen molar-refractivity contribution in [3.8, 4) is 0 Å². The number of thiazole rings is 1. The van der Waals surface area contributed by atoms with Crippen LogP contribution in [0.5, 0.6) is 0 Å². The zero-order chi connectivity index (χ0) is 12.8. The van der Waals surface area contributed by atoms with Gasteiger partial charge < -0.3 is 15.0 Å². The Hall–Kier alpha value is -1.14. The summed E-state index contributed by atoms with van der Waals surface area (Å²) >= 11 is 1.55. The van der Waals surface area contributed by atoms with Gasteiger partial charge in [-0.2, -0.15) is 0 Å². The molecule has 2 aliphatic heterocycles. The van der Waals surface area contributed by atoms with Crippen LogP contribution in [0.4, 0.5) is 5.13 Å². The van der Waals surface area contributed by atoms with Crippen LogP contribution in [0.3, 0.4) is 0 Å². The molecule has 2 unspecified atom stereocenters. The van der Waals surface area contributed by atoms with Crippen molar-refractivity contribution >= 4 is 22.4 Å². The van der Waals surface area contributed by atoms with E-state index in [1.54, 1.807) is 11.3 Å². The molecule has 6 heteroatoms. The number of rotatable bonds is 1. The highest BCUT2D eigenvalue weighted by atomic mass is 32.1. The molecule has 5 nitrogen and oxygen atoms in total. The Morgan fingerprint density at radius 3 is 3.00 bits per heavy atom. The molecule has 3 aliphatic rings. The third kappa shape index (κ3) is 1.85. The standard InChI is InChI=1S/C13H17N3O2S/c17-12-11-10(8-2-1-3-9(8)14-12)15-13(19-11)16-4-6-18-7-5-16/h8-9H,1-7H2,(H,14,17). The Kier molecular flexibility index (Phi) is 2.73. The van der Waals surface area contributed by atoms with Crippen molar-refractivity contribution in [2.75, 3.05) is 31.2 Å². The lowest BCUT2D eigenvalue weighted by Crippen LogP contribution is -2.41.